The molecule has 2 N–H and O–H groups in total. The standard InChI is InChI=1S/C14H20N4O3/c19-14(12-6-7-13(16-12)18(20)21)17(11-4-5-11)9-10-3-1-2-8-15-10/h6-7,10-11,15-16H,1-5,8-9H2. The summed E-state index contributed by atoms with van der Waals surface area (Å²) in [4.78, 5) is 27.3. The molecule has 1 aromatic heterocycles. The number of aromatic amines is 1. The predicted octanol–water partition coefficient (Wildman–Crippen LogP) is 1.67. The second-order valence-electron chi connectivity index (χ2n) is 5.85. The largest absolute Gasteiger partial charge is 0.358 e. The van der Waals surface area contributed by atoms with Crippen LogP contribution in [0.1, 0.15) is 42.6 Å². The molecule has 114 valence electrons. The maximum absolute atomic E-state index is 12.6. The molecular weight excluding hydrogens is 272 g/mol. The molecule has 7 nitrogen and oxygen atoms in total. The van der Waals surface area contributed by atoms with Gasteiger partial charge in [-0.25, -0.2) is 4.98 Å². The van der Waals surface area contributed by atoms with E-state index < -0.39 is 4.92 Å². The van der Waals surface area contributed by atoms with Gasteiger partial charge in [-0.1, -0.05) is 6.42 Å². The van der Waals surface area contributed by atoms with E-state index in [0.717, 1.165) is 25.8 Å². The Labute approximate surface area is 122 Å². The highest BCUT2D eigenvalue weighted by Crippen LogP contribution is 2.29. The number of nitrogens with one attached hydrogen (secondary N) is 2. The first-order valence-electron chi connectivity index (χ1n) is 7.53. The molecule has 2 aliphatic rings. The van der Waals surface area contributed by atoms with E-state index in [1.807, 2.05) is 4.90 Å². The first-order chi connectivity index (χ1) is 10.1. The van der Waals surface area contributed by atoms with Gasteiger partial charge in [-0.2, -0.15) is 0 Å². The van der Waals surface area contributed by atoms with Gasteiger partial charge in [-0.3, -0.25) is 4.79 Å². The summed E-state index contributed by atoms with van der Waals surface area (Å²) in [5.74, 6) is -0.261. The zero-order valence-electron chi connectivity index (χ0n) is 11.9. The highest BCUT2D eigenvalue weighted by Gasteiger charge is 2.36. The Morgan fingerprint density at radius 1 is 1.33 bits per heavy atom. The molecule has 1 aliphatic heterocycles. The lowest BCUT2D eigenvalue weighted by Crippen LogP contribution is -2.46. The molecule has 0 aromatic carbocycles. The number of piperidine rings is 1. The number of rotatable bonds is 5. The Balaban J connectivity index is 1.70. The van der Waals surface area contributed by atoms with E-state index in [1.165, 1.54) is 25.0 Å². The molecule has 0 bridgehead atoms. The van der Waals surface area contributed by atoms with Gasteiger partial charge in [0.05, 0.1) is 0 Å². The van der Waals surface area contributed by atoms with Crippen molar-refractivity contribution in [3.8, 4) is 0 Å². The lowest BCUT2D eigenvalue weighted by molar-refractivity contribution is -0.389. The van der Waals surface area contributed by atoms with Gasteiger partial charge in [0, 0.05) is 24.7 Å². The number of nitrogens with zero attached hydrogens (tertiary/aromatic N) is 2. The monoisotopic (exact) mass is 292 g/mol. The summed E-state index contributed by atoms with van der Waals surface area (Å²) in [6.07, 6.45) is 5.53. The van der Waals surface area contributed by atoms with Crippen LogP contribution < -0.4 is 5.32 Å². The van der Waals surface area contributed by atoms with Crippen LogP contribution in [0.2, 0.25) is 0 Å². The third-order valence-corrected chi connectivity index (χ3v) is 4.18. The molecule has 0 radical (unpaired) electrons. The molecule has 1 saturated heterocycles. The minimum atomic E-state index is -0.513. The van der Waals surface area contributed by atoms with Crippen molar-refractivity contribution in [3.05, 3.63) is 27.9 Å². The summed E-state index contributed by atoms with van der Waals surface area (Å²) in [6, 6.07) is 3.48. The van der Waals surface area contributed by atoms with Crippen molar-refractivity contribution < 1.29 is 9.72 Å². The number of carbonyl (C=O) groups excluding carboxylic acids is 1. The Morgan fingerprint density at radius 3 is 2.71 bits per heavy atom. The van der Waals surface area contributed by atoms with E-state index in [4.69, 9.17) is 0 Å². The SMILES string of the molecule is O=C(c1ccc([N+](=O)[O-])[nH]1)N(CC1CCCCN1)C1CC1. The normalized spacial score (nSPS) is 22.0. The molecule has 1 aromatic rings. The molecule has 1 atom stereocenters. The van der Waals surface area contributed by atoms with Gasteiger partial charge in [0.15, 0.2) is 5.69 Å². The lowest BCUT2D eigenvalue weighted by Gasteiger charge is -2.30. The fourth-order valence-electron chi connectivity index (χ4n) is 2.87. The van der Waals surface area contributed by atoms with Crippen molar-refractivity contribution in [1.82, 2.24) is 15.2 Å². The molecule has 7 heteroatoms. The van der Waals surface area contributed by atoms with Crippen LogP contribution in [0, 0.1) is 10.1 Å². The summed E-state index contributed by atoms with van der Waals surface area (Å²) >= 11 is 0. The van der Waals surface area contributed by atoms with E-state index in [2.05, 4.69) is 10.3 Å². The minimum Gasteiger partial charge on any atom is -0.358 e. The number of hydrogen-bond acceptors (Lipinski definition) is 4. The first-order valence-corrected chi connectivity index (χ1v) is 7.53. The lowest BCUT2D eigenvalue weighted by atomic mass is 10.0. The van der Waals surface area contributed by atoms with Crippen LogP contribution in [0.5, 0.6) is 0 Å². The number of carbonyl (C=O) groups is 1. The van der Waals surface area contributed by atoms with E-state index in [1.54, 1.807) is 0 Å². The summed E-state index contributed by atoms with van der Waals surface area (Å²) in [5, 5.41) is 14.2. The van der Waals surface area contributed by atoms with Crippen molar-refractivity contribution in [2.45, 2.75) is 44.2 Å². The molecule has 1 amide bonds. The van der Waals surface area contributed by atoms with Crippen molar-refractivity contribution in [2.24, 2.45) is 0 Å². The van der Waals surface area contributed by atoms with Crippen LogP contribution in [0.15, 0.2) is 12.1 Å². The molecule has 3 rings (SSSR count). The van der Waals surface area contributed by atoms with Gasteiger partial charge < -0.3 is 20.3 Å². The fraction of sp³-hybridized carbons (Fsp3) is 0.643. The van der Waals surface area contributed by atoms with Crippen LogP contribution in [0.25, 0.3) is 0 Å². The van der Waals surface area contributed by atoms with Crippen LogP contribution >= 0.6 is 0 Å². The molecular formula is C14H20N4O3. The Morgan fingerprint density at radius 2 is 2.14 bits per heavy atom. The molecule has 2 fully saturated rings. The molecule has 1 saturated carbocycles. The van der Waals surface area contributed by atoms with Gasteiger partial charge >= 0.3 is 5.82 Å². The molecule has 21 heavy (non-hydrogen) atoms. The maximum atomic E-state index is 12.6. The van der Waals surface area contributed by atoms with Crippen molar-refractivity contribution in [3.63, 3.8) is 0 Å². The third-order valence-electron chi connectivity index (χ3n) is 4.18. The quantitative estimate of drug-likeness (QED) is 0.638. The number of aromatic nitrogens is 1. The number of hydrogen-bond donors (Lipinski definition) is 2. The number of nitro groups is 1. The summed E-state index contributed by atoms with van der Waals surface area (Å²) in [7, 11) is 0. The molecule has 1 unspecified atom stereocenters. The minimum absolute atomic E-state index is 0.127. The molecule has 0 spiro atoms. The van der Waals surface area contributed by atoms with E-state index in [9.17, 15) is 14.9 Å². The van der Waals surface area contributed by atoms with Crippen molar-refractivity contribution in [1.29, 1.82) is 0 Å². The van der Waals surface area contributed by atoms with Crippen LogP contribution in [-0.2, 0) is 0 Å². The Bertz CT molecular complexity index is 532. The highest BCUT2D eigenvalue weighted by atomic mass is 16.6. The van der Waals surface area contributed by atoms with Crippen LogP contribution in [0.4, 0.5) is 5.82 Å². The van der Waals surface area contributed by atoms with Crippen molar-refractivity contribution >= 4 is 11.7 Å². The average molecular weight is 292 g/mol. The van der Waals surface area contributed by atoms with Crippen LogP contribution in [0.3, 0.4) is 0 Å². The summed E-state index contributed by atoms with van der Waals surface area (Å²) < 4.78 is 0. The van der Waals surface area contributed by atoms with Crippen molar-refractivity contribution in [2.75, 3.05) is 13.1 Å². The topological polar surface area (TPSA) is 91.3 Å². The van der Waals surface area contributed by atoms with E-state index in [-0.39, 0.29) is 11.7 Å². The van der Waals surface area contributed by atoms with Gasteiger partial charge in [0.2, 0.25) is 0 Å². The van der Waals surface area contributed by atoms with Crippen LogP contribution in [-0.4, -0.2) is 45.9 Å². The first kappa shape index (κ1) is 14.1. The number of amides is 1. The van der Waals surface area contributed by atoms with Gasteiger partial charge in [-0.05, 0) is 43.2 Å². The van der Waals surface area contributed by atoms with Gasteiger partial charge in [0.25, 0.3) is 5.91 Å². The van der Waals surface area contributed by atoms with E-state index >= 15 is 0 Å². The Hall–Kier alpha value is -1.89. The van der Waals surface area contributed by atoms with Gasteiger partial charge in [0.1, 0.15) is 0 Å². The molecule has 1 aliphatic carbocycles. The zero-order chi connectivity index (χ0) is 14.8. The van der Waals surface area contributed by atoms with E-state index in [0.29, 0.717) is 24.3 Å². The maximum Gasteiger partial charge on any atom is 0.321 e. The third kappa shape index (κ3) is 3.24. The highest BCUT2D eigenvalue weighted by molar-refractivity contribution is 5.93. The average Bonchev–Trinajstić information content (AvgIpc) is 3.20. The smallest absolute Gasteiger partial charge is 0.321 e. The summed E-state index contributed by atoms with van der Waals surface area (Å²) in [5.41, 5.74) is 0.310. The fourth-order valence-corrected chi connectivity index (χ4v) is 2.87. The number of H-pyrrole nitrogens is 1. The molecule has 2 heterocycles. The zero-order valence-corrected chi connectivity index (χ0v) is 11.9. The van der Waals surface area contributed by atoms with Gasteiger partial charge in [-0.15, -0.1) is 0 Å². The predicted molar refractivity (Wildman–Crippen MR) is 77.1 cm³/mol. The summed E-state index contributed by atoms with van der Waals surface area (Å²) in [6.45, 7) is 1.70. The second kappa shape index (κ2) is 5.85. The second-order valence-corrected chi connectivity index (χ2v) is 5.85. The Kier molecular flexibility index (Phi) is 3.92.